The molecule has 2 rings (SSSR count). The SMILES string of the molecule is Cc1cc(F)cc2c(C(=O)O)cc(Cl)nc12. The first-order valence-corrected chi connectivity index (χ1v) is 4.86. The highest BCUT2D eigenvalue weighted by Gasteiger charge is 2.13. The zero-order chi connectivity index (χ0) is 11.9. The number of rotatable bonds is 1. The molecule has 0 aliphatic rings. The lowest BCUT2D eigenvalue weighted by molar-refractivity contribution is 0.0699. The Bertz CT molecular complexity index is 598. The number of aromatic carboxylic acids is 1. The van der Waals surface area contributed by atoms with E-state index in [0.29, 0.717) is 11.1 Å². The molecule has 0 unspecified atom stereocenters. The van der Waals surface area contributed by atoms with E-state index < -0.39 is 11.8 Å². The smallest absolute Gasteiger partial charge is 0.336 e. The van der Waals surface area contributed by atoms with E-state index in [2.05, 4.69) is 4.98 Å². The van der Waals surface area contributed by atoms with E-state index in [1.165, 1.54) is 12.1 Å². The maximum Gasteiger partial charge on any atom is 0.336 e. The van der Waals surface area contributed by atoms with E-state index in [4.69, 9.17) is 16.7 Å². The number of hydrogen-bond donors (Lipinski definition) is 1. The second-order valence-electron chi connectivity index (χ2n) is 3.42. The van der Waals surface area contributed by atoms with Crippen molar-refractivity contribution < 1.29 is 14.3 Å². The van der Waals surface area contributed by atoms with Crippen molar-refractivity contribution >= 4 is 28.5 Å². The first-order valence-electron chi connectivity index (χ1n) is 4.48. The molecule has 5 heteroatoms. The fraction of sp³-hybridized carbons (Fsp3) is 0.0909. The largest absolute Gasteiger partial charge is 0.478 e. The summed E-state index contributed by atoms with van der Waals surface area (Å²) < 4.78 is 13.2. The molecule has 82 valence electrons. The second kappa shape index (κ2) is 3.72. The minimum absolute atomic E-state index is 0.0439. The molecule has 0 spiro atoms. The molecule has 1 N–H and O–H groups in total. The number of benzene rings is 1. The van der Waals surface area contributed by atoms with Gasteiger partial charge in [-0.3, -0.25) is 0 Å². The minimum atomic E-state index is -1.15. The normalized spacial score (nSPS) is 10.7. The summed E-state index contributed by atoms with van der Waals surface area (Å²) in [5.41, 5.74) is 0.920. The molecular formula is C11H7ClFNO2. The van der Waals surface area contributed by atoms with Gasteiger partial charge >= 0.3 is 5.97 Å². The average Bonchev–Trinajstić information content (AvgIpc) is 2.18. The van der Waals surface area contributed by atoms with Crippen LogP contribution in [0.25, 0.3) is 10.9 Å². The topological polar surface area (TPSA) is 50.2 Å². The van der Waals surface area contributed by atoms with Gasteiger partial charge < -0.3 is 5.11 Å². The fourth-order valence-corrected chi connectivity index (χ4v) is 1.80. The Hall–Kier alpha value is -1.68. The van der Waals surface area contributed by atoms with Crippen LogP contribution in [0.4, 0.5) is 4.39 Å². The first-order chi connectivity index (χ1) is 7.49. The maximum absolute atomic E-state index is 13.2. The van der Waals surface area contributed by atoms with Crippen molar-refractivity contribution in [1.82, 2.24) is 4.98 Å². The number of halogens is 2. The van der Waals surface area contributed by atoms with Gasteiger partial charge in [-0.05, 0) is 30.7 Å². The predicted molar refractivity (Wildman–Crippen MR) is 58.4 cm³/mol. The number of nitrogens with zero attached hydrogens (tertiary/aromatic N) is 1. The highest BCUT2D eigenvalue weighted by atomic mass is 35.5. The van der Waals surface area contributed by atoms with E-state index >= 15 is 0 Å². The van der Waals surface area contributed by atoms with E-state index in [9.17, 15) is 9.18 Å². The number of hydrogen-bond acceptors (Lipinski definition) is 2. The molecule has 0 radical (unpaired) electrons. The number of carboxylic acids is 1. The van der Waals surface area contributed by atoms with Crippen molar-refractivity contribution in [2.45, 2.75) is 6.92 Å². The molecule has 0 saturated carbocycles. The van der Waals surface area contributed by atoms with Crippen molar-refractivity contribution in [2.75, 3.05) is 0 Å². The Morgan fingerprint density at radius 2 is 2.12 bits per heavy atom. The molecule has 0 atom stereocenters. The van der Waals surface area contributed by atoms with Crippen molar-refractivity contribution in [3.63, 3.8) is 0 Å². The molecule has 0 aliphatic carbocycles. The van der Waals surface area contributed by atoms with Crippen LogP contribution in [0.15, 0.2) is 18.2 Å². The molecule has 0 saturated heterocycles. The van der Waals surface area contributed by atoms with E-state index in [1.54, 1.807) is 6.92 Å². The summed E-state index contributed by atoms with van der Waals surface area (Å²) in [6.07, 6.45) is 0. The van der Waals surface area contributed by atoms with Crippen LogP contribution in [0.1, 0.15) is 15.9 Å². The van der Waals surface area contributed by atoms with Crippen LogP contribution in [0.5, 0.6) is 0 Å². The fourth-order valence-electron chi connectivity index (χ4n) is 1.60. The van der Waals surface area contributed by atoms with Gasteiger partial charge in [0.1, 0.15) is 11.0 Å². The lowest BCUT2D eigenvalue weighted by Crippen LogP contribution is -2.00. The molecule has 1 aromatic carbocycles. The Balaban J connectivity index is 2.95. The quantitative estimate of drug-likeness (QED) is 0.778. The summed E-state index contributed by atoms with van der Waals surface area (Å²) in [4.78, 5) is 15.0. The predicted octanol–water partition coefficient (Wildman–Crippen LogP) is 3.03. The Morgan fingerprint density at radius 1 is 1.44 bits per heavy atom. The van der Waals surface area contributed by atoms with Crippen LogP contribution in [0.2, 0.25) is 5.15 Å². The Labute approximate surface area is 95.5 Å². The van der Waals surface area contributed by atoms with Gasteiger partial charge in [-0.15, -0.1) is 0 Å². The summed E-state index contributed by atoms with van der Waals surface area (Å²) in [6.45, 7) is 1.65. The molecule has 0 amide bonds. The van der Waals surface area contributed by atoms with Gasteiger partial charge in [-0.2, -0.15) is 0 Å². The second-order valence-corrected chi connectivity index (χ2v) is 3.80. The van der Waals surface area contributed by atoms with Crippen molar-refractivity contribution in [2.24, 2.45) is 0 Å². The van der Waals surface area contributed by atoms with Crippen molar-refractivity contribution in [3.05, 3.63) is 40.3 Å². The number of fused-ring (bicyclic) bond motifs is 1. The van der Waals surface area contributed by atoms with Crippen LogP contribution < -0.4 is 0 Å². The van der Waals surface area contributed by atoms with E-state index in [0.717, 1.165) is 6.07 Å². The van der Waals surface area contributed by atoms with Crippen LogP contribution >= 0.6 is 11.6 Å². The van der Waals surface area contributed by atoms with Gasteiger partial charge in [0.15, 0.2) is 0 Å². The third kappa shape index (κ3) is 1.72. The Morgan fingerprint density at radius 3 is 2.75 bits per heavy atom. The lowest BCUT2D eigenvalue weighted by Gasteiger charge is -2.05. The number of aromatic nitrogens is 1. The van der Waals surface area contributed by atoms with Gasteiger partial charge in [0, 0.05) is 5.39 Å². The lowest BCUT2D eigenvalue weighted by atomic mass is 10.1. The van der Waals surface area contributed by atoms with Crippen LogP contribution in [0, 0.1) is 12.7 Å². The highest BCUT2D eigenvalue weighted by Crippen LogP contribution is 2.24. The van der Waals surface area contributed by atoms with Crippen LogP contribution in [-0.2, 0) is 0 Å². The molecule has 1 aromatic heterocycles. The molecule has 2 aromatic rings. The number of aryl methyl sites for hydroxylation is 1. The minimum Gasteiger partial charge on any atom is -0.478 e. The molecule has 0 bridgehead atoms. The van der Waals surface area contributed by atoms with Gasteiger partial charge in [-0.25, -0.2) is 14.2 Å². The standard InChI is InChI=1S/C11H7ClFNO2/c1-5-2-6(13)3-7-8(11(15)16)4-9(12)14-10(5)7/h2-4H,1H3,(H,15,16). The van der Waals surface area contributed by atoms with Gasteiger partial charge in [0.25, 0.3) is 0 Å². The van der Waals surface area contributed by atoms with Gasteiger partial charge in [-0.1, -0.05) is 11.6 Å². The molecule has 0 aliphatic heterocycles. The van der Waals surface area contributed by atoms with Gasteiger partial charge in [0.05, 0.1) is 11.1 Å². The summed E-state index contributed by atoms with van der Waals surface area (Å²) in [6, 6.07) is 3.65. The third-order valence-corrected chi connectivity index (χ3v) is 2.46. The number of pyridine rings is 1. The summed E-state index contributed by atoms with van der Waals surface area (Å²) in [7, 11) is 0. The summed E-state index contributed by atoms with van der Waals surface area (Å²) in [5.74, 6) is -1.64. The number of carbonyl (C=O) groups is 1. The summed E-state index contributed by atoms with van der Waals surface area (Å²) in [5, 5.41) is 9.32. The molecule has 16 heavy (non-hydrogen) atoms. The highest BCUT2D eigenvalue weighted by molar-refractivity contribution is 6.30. The zero-order valence-corrected chi connectivity index (χ0v) is 9.05. The monoisotopic (exact) mass is 239 g/mol. The molecule has 3 nitrogen and oxygen atoms in total. The average molecular weight is 240 g/mol. The van der Waals surface area contributed by atoms with Gasteiger partial charge in [0.2, 0.25) is 0 Å². The van der Waals surface area contributed by atoms with Crippen molar-refractivity contribution in [3.8, 4) is 0 Å². The van der Waals surface area contributed by atoms with Crippen molar-refractivity contribution in [1.29, 1.82) is 0 Å². The van der Waals surface area contributed by atoms with Crippen LogP contribution in [0.3, 0.4) is 0 Å². The Kier molecular flexibility index (Phi) is 2.52. The molecule has 1 heterocycles. The number of carboxylic acid groups (broad SMARTS) is 1. The van der Waals surface area contributed by atoms with Crippen LogP contribution in [-0.4, -0.2) is 16.1 Å². The summed E-state index contributed by atoms with van der Waals surface area (Å²) >= 11 is 5.71. The maximum atomic E-state index is 13.2. The van der Waals surface area contributed by atoms with E-state index in [-0.39, 0.29) is 16.1 Å². The molecule has 0 fully saturated rings. The van der Waals surface area contributed by atoms with E-state index in [1.807, 2.05) is 0 Å². The molecular weight excluding hydrogens is 233 g/mol. The first kappa shape index (κ1) is 10.8. The third-order valence-electron chi connectivity index (χ3n) is 2.27. The zero-order valence-electron chi connectivity index (χ0n) is 8.29.